The van der Waals surface area contributed by atoms with Gasteiger partial charge in [-0.05, 0) is 6.42 Å². The highest BCUT2D eigenvalue weighted by Gasteiger charge is 2.33. The van der Waals surface area contributed by atoms with Gasteiger partial charge in [0, 0.05) is 6.54 Å². The lowest BCUT2D eigenvalue weighted by Gasteiger charge is -2.10. The Morgan fingerprint density at radius 3 is 2.82 bits per heavy atom. The van der Waals surface area contributed by atoms with E-state index in [1.165, 1.54) is 0 Å². The van der Waals surface area contributed by atoms with Crippen LogP contribution in [0.4, 0.5) is 0 Å². The number of rotatable bonds is 2. The zero-order chi connectivity index (χ0) is 8.43. The van der Waals surface area contributed by atoms with Crippen molar-refractivity contribution >= 4 is 11.9 Å². The van der Waals surface area contributed by atoms with Gasteiger partial charge in [0.2, 0.25) is 5.91 Å². The molecule has 2 unspecified atom stereocenters. The number of carboxylic acid groups (broad SMARTS) is 1. The average molecular weight is 158 g/mol. The molecule has 5 heteroatoms. The van der Waals surface area contributed by atoms with E-state index in [2.05, 4.69) is 5.32 Å². The third-order valence-electron chi connectivity index (χ3n) is 1.81. The maximum atomic E-state index is 10.9. The van der Waals surface area contributed by atoms with E-state index in [-0.39, 0.29) is 5.91 Å². The van der Waals surface area contributed by atoms with Crippen LogP contribution in [0.5, 0.6) is 0 Å². The normalized spacial score (nSPS) is 26.3. The Kier molecular flexibility index (Phi) is 2.09. The second-order valence-corrected chi connectivity index (χ2v) is 2.55. The van der Waals surface area contributed by atoms with Gasteiger partial charge in [0.1, 0.15) is 6.04 Å². The van der Waals surface area contributed by atoms with Crippen LogP contribution in [-0.2, 0) is 9.59 Å². The molecule has 1 saturated heterocycles. The summed E-state index contributed by atoms with van der Waals surface area (Å²) in [6.07, 6.45) is 0.520. The molecule has 1 heterocycles. The number of carbonyl (C=O) groups excluding carboxylic acids is 1. The van der Waals surface area contributed by atoms with Crippen LogP contribution in [0.15, 0.2) is 0 Å². The molecule has 0 spiro atoms. The number of hydrogen-bond acceptors (Lipinski definition) is 3. The number of amides is 1. The van der Waals surface area contributed by atoms with Gasteiger partial charge < -0.3 is 16.2 Å². The fraction of sp³-hybridized carbons (Fsp3) is 0.667. The van der Waals surface area contributed by atoms with Crippen LogP contribution in [0.3, 0.4) is 0 Å². The topological polar surface area (TPSA) is 92.4 Å². The van der Waals surface area contributed by atoms with Crippen LogP contribution >= 0.6 is 0 Å². The van der Waals surface area contributed by atoms with E-state index in [1.54, 1.807) is 0 Å². The van der Waals surface area contributed by atoms with E-state index < -0.39 is 17.9 Å². The fourth-order valence-corrected chi connectivity index (χ4v) is 1.13. The smallest absolute Gasteiger partial charge is 0.321 e. The first-order valence-electron chi connectivity index (χ1n) is 3.39. The molecule has 2 atom stereocenters. The Bertz CT molecular complexity index is 192. The highest BCUT2D eigenvalue weighted by Crippen LogP contribution is 2.12. The predicted octanol–water partition coefficient (Wildman–Crippen LogP) is -1.47. The predicted molar refractivity (Wildman–Crippen MR) is 36.7 cm³/mol. The minimum Gasteiger partial charge on any atom is -0.480 e. The fourth-order valence-electron chi connectivity index (χ4n) is 1.13. The van der Waals surface area contributed by atoms with Crippen molar-refractivity contribution in [1.82, 2.24) is 5.32 Å². The molecule has 0 aliphatic carbocycles. The first-order valence-corrected chi connectivity index (χ1v) is 3.39. The zero-order valence-corrected chi connectivity index (χ0v) is 5.91. The number of carbonyl (C=O) groups is 2. The van der Waals surface area contributed by atoms with Gasteiger partial charge in [-0.15, -0.1) is 0 Å². The van der Waals surface area contributed by atoms with Gasteiger partial charge in [0.25, 0.3) is 0 Å². The molecule has 0 aromatic rings. The van der Waals surface area contributed by atoms with Crippen molar-refractivity contribution < 1.29 is 14.7 Å². The number of carboxylic acids is 1. The number of nitrogens with two attached hydrogens (primary N) is 1. The Morgan fingerprint density at radius 1 is 1.82 bits per heavy atom. The van der Waals surface area contributed by atoms with Crippen molar-refractivity contribution in [2.75, 3.05) is 6.54 Å². The zero-order valence-electron chi connectivity index (χ0n) is 5.91. The first kappa shape index (κ1) is 8.00. The third-order valence-corrected chi connectivity index (χ3v) is 1.81. The van der Waals surface area contributed by atoms with Crippen molar-refractivity contribution in [3.05, 3.63) is 0 Å². The second kappa shape index (κ2) is 2.87. The van der Waals surface area contributed by atoms with Gasteiger partial charge in [-0.1, -0.05) is 0 Å². The summed E-state index contributed by atoms with van der Waals surface area (Å²) in [4.78, 5) is 21.2. The summed E-state index contributed by atoms with van der Waals surface area (Å²) in [5.41, 5.74) is 5.25. The van der Waals surface area contributed by atoms with E-state index in [4.69, 9.17) is 10.8 Å². The molecule has 0 saturated carbocycles. The average Bonchev–Trinajstić information content (AvgIpc) is 2.33. The van der Waals surface area contributed by atoms with Crippen molar-refractivity contribution in [2.24, 2.45) is 11.7 Å². The Morgan fingerprint density at radius 2 is 2.45 bits per heavy atom. The van der Waals surface area contributed by atoms with Crippen LogP contribution in [0, 0.1) is 5.92 Å². The van der Waals surface area contributed by atoms with Gasteiger partial charge in [0.05, 0.1) is 5.92 Å². The Hall–Kier alpha value is -1.10. The van der Waals surface area contributed by atoms with Gasteiger partial charge in [-0.3, -0.25) is 9.59 Å². The van der Waals surface area contributed by atoms with Crippen LogP contribution in [0.1, 0.15) is 6.42 Å². The third kappa shape index (κ3) is 1.48. The minimum atomic E-state index is -1.12. The summed E-state index contributed by atoms with van der Waals surface area (Å²) >= 11 is 0. The molecule has 0 aromatic carbocycles. The maximum absolute atomic E-state index is 10.9. The molecule has 0 radical (unpaired) electrons. The van der Waals surface area contributed by atoms with E-state index in [0.29, 0.717) is 13.0 Å². The molecule has 1 aliphatic heterocycles. The van der Waals surface area contributed by atoms with Crippen LogP contribution < -0.4 is 11.1 Å². The van der Waals surface area contributed by atoms with Gasteiger partial charge in [-0.25, -0.2) is 0 Å². The molecule has 4 N–H and O–H groups in total. The molecule has 1 amide bonds. The second-order valence-electron chi connectivity index (χ2n) is 2.55. The SMILES string of the molecule is NC(C(=O)O)C1CCNC1=O. The summed E-state index contributed by atoms with van der Waals surface area (Å²) in [5.74, 6) is -1.92. The summed E-state index contributed by atoms with van der Waals surface area (Å²) in [6.45, 7) is 0.532. The van der Waals surface area contributed by atoms with E-state index >= 15 is 0 Å². The van der Waals surface area contributed by atoms with E-state index in [1.807, 2.05) is 0 Å². The lowest BCUT2D eigenvalue weighted by molar-refractivity contribution is -0.142. The molecule has 1 fully saturated rings. The van der Waals surface area contributed by atoms with Gasteiger partial charge >= 0.3 is 5.97 Å². The van der Waals surface area contributed by atoms with Crippen molar-refractivity contribution in [3.63, 3.8) is 0 Å². The van der Waals surface area contributed by atoms with Crippen molar-refractivity contribution in [1.29, 1.82) is 0 Å². The summed E-state index contributed by atoms with van der Waals surface area (Å²) < 4.78 is 0. The standard InChI is InChI=1S/C6H10N2O3/c7-4(6(10)11)3-1-2-8-5(3)9/h3-4H,1-2,7H2,(H,8,9)(H,10,11). The number of nitrogens with one attached hydrogen (secondary N) is 1. The monoisotopic (exact) mass is 158 g/mol. The lowest BCUT2D eigenvalue weighted by Crippen LogP contribution is -2.41. The largest absolute Gasteiger partial charge is 0.480 e. The van der Waals surface area contributed by atoms with E-state index in [0.717, 1.165) is 0 Å². The molecule has 62 valence electrons. The molecular weight excluding hydrogens is 148 g/mol. The molecule has 5 nitrogen and oxygen atoms in total. The summed E-state index contributed by atoms with van der Waals surface area (Å²) in [6, 6.07) is -1.06. The first-order chi connectivity index (χ1) is 5.13. The van der Waals surface area contributed by atoms with Crippen LogP contribution in [-0.4, -0.2) is 29.6 Å². The molecular formula is C6H10N2O3. The summed E-state index contributed by atoms with van der Waals surface area (Å²) in [5, 5.41) is 11.0. The molecule has 0 aromatic heterocycles. The van der Waals surface area contributed by atoms with Gasteiger partial charge in [0.15, 0.2) is 0 Å². The number of aliphatic carboxylic acids is 1. The highest BCUT2D eigenvalue weighted by atomic mass is 16.4. The maximum Gasteiger partial charge on any atom is 0.321 e. The van der Waals surface area contributed by atoms with Crippen LogP contribution in [0.2, 0.25) is 0 Å². The minimum absolute atomic E-state index is 0.250. The molecule has 1 rings (SSSR count). The Balaban J connectivity index is 2.59. The van der Waals surface area contributed by atoms with Gasteiger partial charge in [-0.2, -0.15) is 0 Å². The van der Waals surface area contributed by atoms with Crippen LogP contribution in [0.25, 0.3) is 0 Å². The number of hydrogen-bond donors (Lipinski definition) is 3. The lowest BCUT2D eigenvalue weighted by atomic mass is 9.99. The molecule has 0 bridgehead atoms. The quantitative estimate of drug-likeness (QED) is 0.457. The summed E-state index contributed by atoms with van der Waals surface area (Å²) in [7, 11) is 0. The Labute approximate surface area is 63.6 Å². The van der Waals surface area contributed by atoms with E-state index in [9.17, 15) is 9.59 Å². The van der Waals surface area contributed by atoms with Crippen molar-refractivity contribution in [2.45, 2.75) is 12.5 Å². The molecule has 1 aliphatic rings. The molecule has 11 heavy (non-hydrogen) atoms. The van der Waals surface area contributed by atoms with Crippen molar-refractivity contribution in [3.8, 4) is 0 Å². The highest BCUT2D eigenvalue weighted by molar-refractivity contribution is 5.87.